The highest BCUT2D eigenvalue weighted by atomic mass is 16.5. The van der Waals surface area contributed by atoms with Gasteiger partial charge in [-0.3, -0.25) is 4.79 Å². The van der Waals surface area contributed by atoms with Crippen LogP contribution in [0.5, 0.6) is 17.2 Å². The minimum absolute atomic E-state index is 0.172. The maximum Gasteiger partial charge on any atom is 0.258 e. The van der Waals surface area contributed by atoms with Crippen molar-refractivity contribution in [2.24, 2.45) is 0 Å². The second-order valence-corrected chi connectivity index (χ2v) is 5.32. The van der Waals surface area contributed by atoms with Crippen LogP contribution in [0.15, 0.2) is 30.3 Å². The number of rotatable bonds is 5. The number of nitrogen functional groups attached to an aromatic ring is 1. The molecule has 2 aromatic carbocycles. The van der Waals surface area contributed by atoms with Gasteiger partial charge in [-0.05, 0) is 24.6 Å². The lowest BCUT2D eigenvalue weighted by atomic mass is 10.1. The Morgan fingerprint density at radius 3 is 2.08 bits per heavy atom. The van der Waals surface area contributed by atoms with Crippen LogP contribution in [0, 0.1) is 6.92 Å². The van der Waals surface area contributed by atoms with Crippen LogP contribution in [-0.4, -0.2) is 34.3 Å². The van der Waals surface area contributed by atoms with Crippen LogP contribution in [0.1, 0.15) is 15.9 Å². The Hall–Kier alpha value is -2.89. The quantitative estimate of drug-likeness (QED) is 0.853. The molecule has 128 valence electrons. The van der Waals surface area contributed by atoms with Gasteiger partial charge in [0.2, 0.25) is 5.75 Å². The van der Waals surface area contributed by atoms with Crippen LogP contribution in [0.25, 0.3) is 0 Å². The van der Waals surface area contributed by atoms with Gasteiger partial charge in [-0.1, -0.05) is 6.07 Å². The van der Waals surface area contributed by atoms with Crippen molar-refractivity contribution in [2.75, 3.05) is 39.0 Å². The van der Waals surface area contributed by atoms with Gasteiger partial charge >= 0.3 is 0 Å². The molecule has 0 radical (unpaired) electrons. The molecule has 6 heteroatoms. The normalized spacial score (nSPS) is 10.2. The molecular formula is C18H22N2O4. The Labute approximate surface area is 141 Å². The summed E-state index contributed by atoms with van der Waals surface area (Å²) < 4.78 is 16.0. The van der Waals surface area contributed by atoms with E-state index >= 15 is 0 Å². The number of nitrogens with zero attached hydrogens (tertiary/aromatic N) is 1. The van der Waals surface area contributed by atoms with Gasteiger partial charge in [0.25, 0.3) is 5.91 Å². The van der Waals surface area contributed by atoms with Gasteiger partial charge in [0.15, 0.2) is 11.5 Å². The van der Waals surface area contributed by atoms with Crippen molar-refractivity contribution in [3.05, 3.63) is 41.5 Å². The predicted molar refractivity (Wildman–Crippen MR) is 94.4 cm³/mol. The fourth-order valence-corrected chi connectivity index (χ4v) is 2.43. The monoisotopic (exact) mass is 330 g/mol. The molecule has 0 heterocycles. The first-order valence-corrected chi connectivity index (χ1v) is 7.37. The van der Waals surface area contributed by atoms with Crippen LogP contribution < -0.4 is 24.8 Å². The highest BCUT2D eigenvalue weighted by Crippen LogP contribution is 2.41. The molecule has 0 fully saturated rings. The van der Waals surface area contributed by atoms with Gasteiger partial charge < -0.3 is 24.8 Å². The first-order chi connectivity index (χ1) is 11.4. The van der Waals surface area contributed by atoms with E-state index in [9.17, 15) is 4.79 Å². The molecule has 1 amide bonds. The van der Waals surface area contributed by atoms with Crippen molar-refractivity contribution in [3.8, 4) is 17.2 Å². The number of amides is 1. The van der Waals surface area contributed by atoms with Crippen LogP contribution in [0.2, 0.25) is 0 Å². The molecule has 0 saturated carbocycles. The zero-order chi connectivity index (χ0) is 17.9. The molecule has 24 heavy (non-hydrogen) atoms. The van der Waals surface area contributed by atoms with Crippen LogP contribution in [-0.2, 0) is 0 Å². The standard InChI is InChI=1S/C18H22N2O4/c1-11-6-7-12(19)8-14(11)18(21)20(2)13-9-15(22-3)17(24-5)16(10-13)23-4/h6-10H,19H2,1-5H3. The topological polar surface area (TPSA) is 74.0 Å². The summed E-state index contributed by atoms with van der Waals surface area (Å²) in [6.07, 6.45) is 0. The molecule has 0 aromatic heterocycles. The number of hydrogen-bond acceptors (Lipinski definition) is 5. The summed E-state index contributed by atoms with van der Waals surface area (Å²) in [4.78, 5) is 14.3. The van der Waals surface area contributed by atoms with Gasteiger partial charge in [0.05, 0.1) is 27.0 Å². The summed E-state index contributed by atoms with van der Waals surface area (Å²) in [6, 6.07) is 8.71. The van der Waals surface area contributed by atoms with Gasteiger partial charge in [-0.25, -0.2) is 0 Å². The van der Waals surface area contributed by atoms with Gasteiger partial charge in [-0.15, -0.1) is 0 Å². The van der Waals surface area contributed by atoms with Crippen molar-refractivity contribution < 1.29 is 19.0 Å². The molecule has 6 nitrogen and oxygen atoms in total. The number of methoxy groups -OCH3 is 3. The highest BCUT2D eigenvalue weighted by Gasteiger charge is 2.20. The summed E-state index contributed by atoms with van der Waals surface area (Å²) in [7, 11) is 6.28. The number of carbonyl (C=O) groups is 1. The highest BCUT2D eigenvalue weighted by molar-refractivity contribution is 6.07. The minimum Gasteiger partial charge on any atom is -0.493 e. The van der Waals surface area contributed by atoms with Crippen molar-refractivity contribution in [1.29, 1.82) is 0 Å². The van der Waals surface area contributed by atoms with E-state index in [2.05, 4.69) is 0 Å². The van der Waals surface area contributed by atoms with E-state index in [0.717, 1.165) is 5.56 Å². The molecule has 0 atom stereocenters. The van der Waals surface area contributed by atoms with E-state index in [-0.39, 0.29) is 5.91 Å². The van der Waals surface area contributed by atoms with E-state index < -0.39 is 0 Å². The SMILES string of the molecule is COc1cc(N(C)C(=O)c2cc(N)ccc2C)cc(OC)c1OC. The Bertz CT molecular complexity index is 734. The van der Waals surface area contributed by atoms with Crippen molar-refractivity contribution in [2.45, 2.75) is 6.92 Å². The average Bonchev–Trinajstić information content (AvgIpc) is 2.60. The summed E-state index contributed by atoms with van der Waals surface area (Å²) in [5.41, 5.74) is 8.37. The lowest BCUT2D eigenvalue weighted by molar-refractivity contribution is 0.0992. The predicted octanol–water partition coefficient (Wildman–Crippen LogP) is 2.88. The smallest absolute Gasteiger partial charge is 0.258 e. The second kappa shape index (κ2) is 7.12. The largest absolute Gasteiger partial charge is 0.493 e. The summed E-state index contributed by atoms with van der Waals surface area (Å²) in [5, 5.41) is 0. The molecule has 0 unspecified atom stereocenters. The van der Waals surface area contributed by atoms with Crippen LogP contribution in [0.3, 0.4) is 0 Å². The fraction of sp³-hybridized carbons (Fsp3) is 0.278. The third-order valence-electron chi connectivity index (χ3n) is 3.83. The van der Waals surface area contributed by atoms with E-state index in [1.54, 1.807) is 31.3 Å². The minimum atomic E-state index is -0.172. The number of ether oxygens (including phenoxy) is 3. The molecule has 0 bridgehead atoms. The lowest BCUT2D eigenvalue weighted by Gasteiger charge is -2.21. The van der Waals surface area contributed by atoms with Crippen molar-refractivity contribution in [3.63, 3.8) is 0 Å². The van der Waals surface area contributed by atoms with Gasteiger partial charge in [-0.2, -0.15) is 0 Å². The Morgan fingerprint density at radius 1 is 1.00 bits per heavy atom. The lowest BCUT2D eigenvalue weighted by Crippen LogP contribution is -2.27. The molecule has 2 rings (SSSR count). The van der Waals surface area contributed by atoms with E-state index in [0.29, 0.717) is 34.2 Å². The van der Waals surface area contributed by atoms with Crippen molar-refractivity contribution in [1.82, 2.24) is 0 Å². The zero-order valence-electron chi connectivity index (χ0n) is 14.5. The molecule has 0 saturated heterocycles. The van der Waals surface area contributed by atoms with Crippen molar-refractivity contribution >= 4 is 17.3 Å². The maximum atomic E-state index is 12.8. The third-order valence-corrected chi connectivity index (χ3v) is 3.83. The molecule has 0 aliphatic carbocycles. The van der Waals surface area contributed by atoms with Crippen LogP contribution in [0.4, 0.5) is 11.4 Å². The second-order valence-electron chi connectivity index (χ2n) is 5.32. The number of benzene rings is 2. The number of aryl methyl sites for hydroxylation is 1. The number of carbonyl (C=O) groups excluding carboxylic acids is 1. The van der Waals surface area contributed by atoms with Gasteiger partial charge in [0.1, 0.15) is 0 Å². The fourth-order valence-electron chi connectivity index (χ4n) is 2.43. The first-order valence-electron chi connectivity index (χ1n) is 7.37. The molecule has 0 spiro atoms. The summed E-state index contributed by atoms with van der Waals surface area (Å²) in [6.45, 7) is 1.87. The molecule has 2 N–H and O–H groups in total. The van der Waals surface area contributed by atoms with E-state index in [1.807, 2.05) is 13.0 Å². The zero-order valence-corrected chi connectivity index (χ0v) is 14.5. The van der Waals surface area contributed by atoms with E-state index in [1.165, 1.54) is 26.2 Å². The number of hydrogen-bond donors (Lipinski definition) is 1. The maximum absolute atomic E-state index is 12.8. The molecule has 0 aliphatic heterocycles. The molecular weight excluding hydrogens is 308 g/mol. The Kier molecular flexibility index (Phi) is 5.18. The summed E-state index contributed by atoms with van der Waals surface area (Å²) >= 11 is 0. The number of anilines is 2. The van der Waals surface area contributed by atoms with Gasteiger partial charge in [0, 0.05) is 30.4 Å². The number of nitrogens with two attached hydrogens (primary N) is 1. The van der Waals surface area contributed by atoms with Crippen LogP contribution >= 0.6 is 0 Å². The molecule has 0 aliphatic rings. The average molecular weight is 330 g/mol. The Balaban J connectivity index is 2.47. The first kappa shape index (κ1) is 17.5. The van der Waals surface area contributed by atoms with E-state index in [4.69, 9.17) is 19.9 Å². The Morgan fingerprint density at radius 2 is 1.58 bits per heavy atom. The summed E-state index contributed by atoms with van der Waals surface area (Å²) in [5.74, 6) is 1.27. The molecule has 2 aromatic rings. The third kappa shape index (κ3) is 3.22.